The zero-order chi connectivity index (χ0) is 17.1. The molecule has 0 aromatic heterocycles. The Morgan fingerprint density at radius 2 is 1.75 bits per heavy atom. The first kappa shape index (κ1) is 16.7. The second-order valence-corrected chi connectivity index (χ2v) is 6.48. The first-order chi connectivity index (χ1) is 11.6. The second-order valence-electron chi connectivity index (χ2n) is 6.48. The molecule has 24 heavy (non-hydrogen) atoms. The molecular formula is C20H22FNO2. The Hall–Kier alpha value is -2.20. The van der Waals surface area contributed by atoms with Gasteiger partial charge in [0.05, 0.1) is 12.0 Å². The third kappa shape index (κ3) is 3.49. The van der Waals surface area contributed by atoms with E-state index in [0.717, 1.165) is 11.1 Å². The lowest BCUT2D eigenvalue weighted by molar-refractivity contribution is -0.143. The summed E-state index contributed by atoms with van der Waals surface area (Å²) < 4.78 is 14.4. The van der Waals surface area contributed by atoms with Crippen LogP contribution in [0.1, 0.15) is 35.6 Å². The van der Waals surface area contributed by atoms with Crippen molar-refractivity contribution in [1.29, 1.82) is 0 Å². The number of carboxylic acid groups (broad SMARTS) is 1. The summed E-state index contributed by atoms with van der Waals surface area (Å²) in [4.78, 5) is 13.4. The van der Waals surface area contributed by atoms with E-state index in [4.69, 9.17) is 0 Å². The second kappa shape index (κ2) is 7.14. The lowest BCUT2D eigenvalue weighted by Crippen LogP contribution is -2.39. The molecule has 3 nitrogen and oxygen atoms in total. The first-order valence-electron chi connectivity index (χ1n) is 8.34. The number of halogens is 1. The standard InChI is InChI=1S/C20H22FNO2/c1-14-6-8-15(9-7-14)19(17-4-2-3-5-18(17)21)22-12-10-16(11-13-22)20(23)24/h2-9,16,19H,10-13H2,1H3,(H,23,24). The third-order valence-electron chi connectivity index (χ3n) is 4.84. The zero-order valence-electron chi connectivity index (χ0n) is 13.8. The summed E-state index contributed by atoms with van der Waals surface area (Å²) in [6.07, 6.45) is 1.21. The van der Waals surface area contributed by atoms with E-state index >= 15 is 0 Å². The van der Waals surface area contributed by atoms with Crippen molar-refractivity contribution >= 4 is 5.97 Å². The van der Waals surface area contributed by atoms with Crippen molar-refractivity contribution in [2.75, 3.05) is 13.1 Å². The molecule has 1 heterocycles. The van der Waals surface area contributed by atoms with Crippen molar-refractivity contribution in [3.8, 4) is 0 Å². The average Bonchev–Trinajstić information content (AvgIpc) is 2.59. The minimum absolute atomic E-state index is 0.179. The minimum Gasteiger partial charge on any atom is -0.481 e. The van der Waals surface area contributed by atoms with Gasteiger partial charge in [0.2, 0.25) is 0 Å². The molecule has 2 aromatic carbocycles. The highest BCUT2D eigenvalue weighted by atomic mass is 19.1. The smallest absolute Gasteiger partial charge is 0.306 e. The Morgan fingerprint density at radius 1 is 1.12 bits per heavy atom. The highest BCUT2D eigenvalue weighted by Gasteiger charge is 2.31. The van der Waals surface area contributed by atoms with Gasteiger partial charge in [-0.1, -0.05) is 48.0 Å². The Labute approximate surface area is 141 Å². The van der Waals surface area contributed by atoms with Crippen molar-refractivity contribution in [2.24, 2.45) is 5.92 Å². The lowest BCUT2D eigenvalue weighted by atomic mass is 9.91. The normalized spacial score (nSPS) is 17.6. The van der Waals surface area contributed by atoms with Crippen molar-refractivity contribution < 1.29 is 14.3 Å². The number of carbonyl (C=O) groups is 1. The topological polar surface area (TPSA) is 40.5 Å². The number of piperidine rings is 1. The lowest BCUT2D eigenvalue weighted by Gasteiger charge is -2.37. The van der Waals surface area contributed by atoms with Crippen molar-refractivity contribution in [1.82, 2.24) is 4.90 Å². The first-order valence-corrected chi connectivity index (χ1v) is 8.34. The maximum absolute atomic E-state index is 14.4. The monoisotopic (exact) mass is 327 g/mol. The van der Waals surface area contributed by atoms with Crippen LogP contribution in [0.4, 0.5) is 4.39 Å². The van der Waals surface area contributed by atoms with E-state index in [1.807, 2.05) is 43.3 Å². The molecule has 2 aromatic rings. The number of carboxylic acids is 1. The number of aliphatic carboxylic acids is 1. The summed E-state index contributed by atoms with van der Waals surface area (Å²) >= 11 is 0. The highest BCUT2D eigenvalue weighted by molar-refractivity contribution is 5.70. The van der Waals surface area contributed by atoms with Crippen LogP contribution in [0, 0.1) is 18.7 Å². The van der Waals surface area contributed by atoms with Gasteiger partial charge in [0.25, 0.3) is 0 Å². The summed E-state index contributed by atoms with van der Waals surface area (Å²) in [6.45, 7) is 3.34. The van der Waals surface area contributed by atoms with Crippen LogP contribution < -0.4 is 0 Å². The molecule has 0 bridgehead atoms. The van der Waals surface area contributed by atoms with E-state index in [9.17, 15) is 14.3 Å². The van der Waals surface area contributed by atoms with Gasteiger partial charge in [0.1, 0.15) is 5.82 Å². The SMILES string of the molecule is Cc1ccc(C(c2ccccc2F)N2CCC(C(=O)O)CC2)cc1. The van der Waals surface area contributed by atoms with E-state index < -0.39 is 5.97 Å². The molecule has 1 saturated heterocycles. The molecule has 0 amide bonds. The molecule has 1 fully saturated rings. The van der Waals surface area contributed by atoms with Crippen LogP contribution in [0.5, 0.6) is 0 Å². The van der Waals surface area contributed by atoms with Crippen LogP contribution in [-0.2, 0) is 4.79 Å². The van der Waals surface area contributed by atoms with E-state index in [1.54, 1.807) is 6.07 Å². The molecular weight excluding hydrogens is 305 g/mol. The quantitative estimate of drug-likeness (QED) is 0.922. The van der Waals surface area contributed by atoms with Crippen LogP contribution in [-0.4, -0.2) is 29.1 Å². The summed E-state index contributed by atoms with van der Waals surface area (Å²) in [5.41, 5.74) is 2.85. The van der Waals surface area contributed by atoms with Gasteiger partial charge in [0, 0.05) is 5.56 Å². The maximum Gasteiger partial charge on any atom is 0.306 e. The molecule has 0 saturated carbocycles. The van der Waals surface area contributed by atoms with E-state index in [0.29, 0.717) is 31.5 Å². The number of aryl methyl sites for hydroxylation is 1. The van der Waals surface area contributed by atoms with Gasteiger partial charge in [0.15, 0.2) is 0 Å². The Kier molecular flexibility index (Phi) is 4.95. The number of likely N-dealkylation sites (tertiary alicyclic amines) is 1. The van der Waals surface area contributed by atoms with Crippen LogP contribution in [0.15, 0.2) is 48.5 Å². The fourth-order valence-corrected chi connectivity index (χ4v) is 3.44. The number of nitrogens with zero attached hydrogens (tertiary/aromatic N) is 1. The molecule has 0 radical (unpaired) electrons. The number of benzene rings is 2. The van der Waals surface area contributed by atoms with E-state index in [-0.39, 0.29) is 17.8 Å². The van der Waals surface area contributed by atoms with Gasteiger partial charge in [-0.15, -0.1) is 0 Å². The molecule has 126 valence electrons. The fraction of sp³-hybridized carbons (Fsp3) is 0.350. The number of rotatable bonds is 4. The molecule has 4 heteroatoms. The van der Waals surface area contributed by atoms with Gasteiger partial charge < -0.3 is 5.11 Å². The van der Waals surface area contributed by atoms with Crippen LogP contribution in [0.2, 0.25) is 0 Å². The van der Waals surface area contributed by atoms with Gasteiger partial charge in [-0.25, -0.2) is 4.39 Å². The van der Waals surface area contributed by atoms with Gasteiger partial charge in [-0.05, 0) is 44.5 Å². The van der Waals surface area contributed by atoms with E-state index in [2.05, 4.69) is 4.90 Å². The molecule has 1 aliphatic rings. The summed E-state index contributed by atoms with van der Waals surface area (Å²) in [5.74, 6) is -1.24. The number of hydrogen-bond donors (Lipinski definition) is 1. The molecule has 0 spiro atoms. The fourth-order valence-electron chi connectivity index (χ4n) is 3.44. The molecule has 1 atom stereocenters. The van der Waals surface area contributed by atoms with Crippen LogP contribution in [0.3, 0.4) is 0 Å². The molecule has 1 N–H and O–H groups in total. The average molecular weight is 327 g/mol. The van der Waals surface area contributed by atoms with E-state index in [1.165, 1.54) is 6.07 Å². The molecule has 1 aliphatic heterocycles. The van der Waals surface area contributed by atoms with Crippen LogP contribution >= 0.6 is 0 Å². The summed E-state index contributed by atoms with van der Waals surface area (Å²) in [6, 6.07) is 14.8. The molecule has 0 aliphatic carbocycles. The summed E-state index contributed by atoms with van der Waals surface area (Å²) in [5, 5.41) is 9.19. The predicted octanol–water partition coefficient (Wildman–Crippen LogP) is 4.02. The van der Waals surface area contributed by atoms with Gasteiger partial charge in [-0.2, -0.15) is 0 Å². The summed E-state index contributed by atoms with van der Waals surface area (Å²) in [7, 11) is 0. The van der Waals surface area contributed by atoms with Crippen LogP contribution in [0.25, 0.3) is 0 Å². The largest absolute Gasteiger partial charge is 0.481 e. The highest BCUT2D eigenvalue weighted by Crippen LogP contribution is 2.33. The third-order valence-corrected chi connectivity index (χ3v) is 4.84. The van der Waals surface area contributed by atoms with Crippen molar-refractivity contribution in [3.63, 3.8) is 0 Å². The predicted molar refractivity (Wildman–Crippen MR) is 91.4 cm³/mol. The van der Waals surface area contributed by atoms with Gasteiger partial charge in [-0.3, -0.25) is 9.69 Å². The zero-order valence-corrected chi connectivity index (χ0v) is 13.8. The number of hydrogen-bond acceptors (Lipinski definition) is 2. The Morgan fingerprint density at radius 3 is 2.33 bits per heavy atom. The minimum atomic E-state index is -0.729. The van der Waals surface area contributed by atoms with Crippen molar-refractivity contribution in [2.45, 2.75) is 25.8 Å². The maximum atomic E-state index is 14.4. The Bertz CT molecular complexity index is 706. The molecule has 1 unspecified atom stereocenters. The molecule has 3 rings (SSSR count). The van der Waals surface area contributed by atoms with Gasteiger partial charge >= 0.3 is 5.97 Å². The van der Waals surface area contributed by atoms with Crippen molar-refractivity contribution in [3.05, 3.63) is 71.0 Å². The Balaban J connectivity index is 1.93.